The van der Waals surface area contributed by atoms with Crippen molar-refractivity contribution in [1.82, 2.24) is 10.6 Å². The lowest BCUT2D eigenvalue weighted by Gasteiger charge is -2.14. The summed E-state index contributed by atoms with van der Waals surface area (Å²) in [6, 6.07) is 11.3. The van der Waals surface area contributed by atoms with Gasteiger partial charge in [-0.25, -0.2) is 8.78 Å². The average Bonchev–Trinajstić information content (AvgIpc) is 2.62. The van der Waals surface area contributed by atoms with E-state index in [0.717, 1.165) is 29.9 Å². The minimum absolute atomic E-state index is 0. The van der Waals surface area contributed by atoms with E-state index in [2.05, 4.69) is 15.6 Å². The van der Waals surface area contributed by atoms with E-state index in [1.54, 1.807) is 7.05 Å². The third kappa shape index (κ3) is 6.78. The smallest absolute Gasteiger partial charge is 0.191 e. The fourth-order valence-electron chi connectivity index (χ4n) is 2.40. The first-order chi connectivity index (χ1) is 12.1. The Balaban J connectivity index is 0.00000338. The van der Waals surface area contributed by atoms with E-state index in [1.165, 1.54) is 6.07 Å². The molecule has 0 amide bonds. The molecule has 0 heterocycles. The number of guanidine groups is 1. The van der Waals surface area contributed by atoms with Crippen LogP contribution in [-0.2, 0) is 13.0 Å². The van der Waals surface area contributed by atoms with E-state index >= 15 is 0 Å². The summed E-state index contributed by atoms with van der Waals surface area (Å²) in [7, 11) is 1.63. The Kier molecular flexibility index (Phi) is 9.93. The molecule has 0 saturated heterocycles. The zero-order chi connectivity index (χ0) is 18.1. The summed E-state index contributed by atoms with van der Waals surface area (Å²) in [6.45, 7) is 3.35. The minimum Gasteiger partial charge on any atom is -0.494 e. The number of aliphatic imine (C=N–C) groups is 1. The van der Waals surface area contributed by atoms with Crippen molar-refractivity contribution in [3.63, 3.8) is 0 Å². The number of hydrogen-bond donors (Lipinski definition) is 2. The van der Waals surface area contributed by atoms with Crippen molar-refractivity contribution in [2.45, 2.75) is 19.9 Å². The van der Waals surface area contributed by atoms with Gasteiger partial charge in [-0.2, -0.15) is 0 Å². The molecule has 0 aromatic heterocycles. The van der Waals surface area contributed by atoms with E-state index in [-0.39, 0.29) is 36.1 Å². The quantitative estimate of drug-likeness (QED) is 0.363. The highest BCUT2D eigenvalue weighted by atomic mass is 127. The van der Waals surface area contributed by atoms with Gasteiger partial charge in [-0.15, -0.1) is 24.0 Å². The van der Waals surface area contributed by atoms with Crippen LogP contribution >= 0.6 is 24.0 Å². The van der Waals surface area contributed by atoms with E-state index < -0.39 is 11.6 Å². The summed E-state index contributed by atoms with van der Waals surface area (Å²) >= 11 is 0. The Morgan fingerprint density at radius 2 is 1.85 bits per heavy atom. The van der Waals surface area contributed by atoms with Gasteiger partial charge in [0, 0.05) is 25.7 Å². The molecule has 0 radical (unpaired) electrons. The summed E-state index contributed by atoms with van der Waals surface area (Å²) in [6.07, 6.45) is 0.755. The molecule has 0 aliphatic heterocycles. The lowest BCUT2D eigenvalue weighted by atomic mass is 10.1. The fraction of sp³-hybridized carbons (Fsp3) is 0.316. The maximum absolute atomic E-state index is 13.6. The molecule has 0 unspecified atom stereocenters. The summed E-state index contributed by atoms with van der Waals surface area (Å²) in [4.78, 5) is 4.09. The first-order valence-electron chi connectivity index (χ1n) is 8.23. The molecule has 142 valence electrons. The zero-order valence-corrected chi connectivity index (χ0v) is 17.2. The third-order valence-electron chi connectivity index (χ3n) is 3.64. The molecule has 0 aliphatic carbocycles. The molecule has 26 heavy (non-hydrogen) atoms. The Morgan fingerprint density at radius 3 is 2.58 bits per heavy atom. The number of nitrogens with zero attached hydrogens (tertiary/aromatic N) is 1. The van der Waals surface area contributed by atoms with E-state index in [1.807, 2.05) is 31.2 Å². The van der Waals surface area contributed by atoms with Gasteiger partial charge in [0.2, 0.25) is 0 Å². The van der Waals surface area contributed by atoms with Crippen molar-refractivity contribution in [3.05, 3.63) is 65.2 Å². The van der Waals surface area contributed by atoms with E-state index in [4.69, 9.17) is 4.74 Å². The van der Waals surface area contributed by atoms with Crippen molar-refractivity contribution >= 4 is 29.9 Å². The Hall–Kier alpha value is -1.90. The van der Waals surface area contributed by atoms with Crippen LogP contribution in [0, 0.1) is 11.6 Å². The number of benzene rings is 2. The van der Waals surface area contributed by atoms with E-state index in [9.17, 15) is 8.78 Å². The van der Waals surface area contributed by atoms with Gasteiger partial charge >= 0.3 is 0 Å². The maximum atomic E-state index is 13.6. The van der Waals surface area contributed by atoms with Gasteiger partial charge in [0.05, 0.1) is 6.61 Å². The van der Waals surface area contributed by atoms with Gasteiger partial charge < -0.3 is 15.4 Å². The first-order valence-corrected chi connectivity index (χ1v) is 8.23. The van der Waals surface area contributed by atoms with Gasteiger partial charge in [-0.3, -0.25) is 4.99 Å². The number of nitrogens with one attached hydrogen (secondary N) is 2. The molecule has 0 aliphatic rings. The highest BCUT2D eigenvalue weighted by Gasteiger charge is 2.06. The molecule has 0 fully saturated rings. The molecule has 2 N–H and O–H groups in total. The molecule has 4 nitrogen and oxygen atoms in total. The normalized spacial score (nSPS) is 10.8. The van der Waals surface area contributed by atoms with Crippen molar-refractivity contribution < 1.29 is 13.5 Å². The second-order valence-electron chi connectivity index (χ2n) is 5.38. The maximum Gasteiger partial charge on any atom is 0.191 e. The van der Waals surface area contributed by atoms with Crippen LogP contribution in [0.15, 0.2) is 47.5 Å². The SMILES string of the molecule is CCOc1ccccc1CCNC(=NC)NCc1cc(F)ccc1F.I. The first kappa shape index (κ1) is 22.1. The van der Waals surface area contributed by atoms with Crippen LogP contribution in [0.25, 0.3) is 0 Å². The summed E-state index contributed by atoms with van der Waals surface area (Å²) in [5.41, 5.74) is 1.35. The topological polar surface area (TPSA) is 45.6 Å². The monoisotopic (exact) mass is 475 g/mol. The number of para-hydroxylation sites is 1. The zero-order valence-electron chi connectivity index (χ0n) is 14.9. The van der Waals surface area contributed by atoms with E-state index in [0.29, 0.717) is 19.1 Å². The van der Waals surface area contributed by atoms with Crippen LogP contribution < -0.4 is 15.4 Å². The average molecular weight is 475 g/mol. The molecule has 0 bridgehead atoms. The predicted molar refractivity (Wildman–Crippen MR) is 111 cm³/mol. The van der Waals surface area contributed by atoms with Crippen LogP contribution in [-0.4, -0.2) is 26.2 Å². The van der Waals surface area contributed by atoms with Crippen molar-refractivity contribution in [1.29, 1.82) is 0 Å². The molecule has 0 saturated carbocycles. The van der Waals surface area contributed by atoms with Crippen molar-refractivity contribution in [2.75, 3.05) is 20.2 Å². The van der Waals surface area contributed by atoms with Gasteiger partial charge in [0.25, 0.3) is 0 Å². The number of ether oxygens (including phenoxy) is 1. The van der Waals surface area contributed by atoms with Gasteiger partial charge in [-0.05, 0) is 43.2 Å². The summed E-state index contributed by atoms with van der Waals surface area (Å²) in [5, 5.41) is 6.14. The number of hydrogen-bond acceptors (Lipinski definition) is 2. The highest BCUT2D eigenvalue weighted by Crippen LogP contribution is 2.18. The fourth-order valence-corrected chi connectivity index (χ4v) is 2.40. The highest BCUT2D eigenvalue weighted by molar-refractivity contribution is 14.0. The van der Waals surface area contributed by atoms with Crippen LogP contribution in [0.2, 0.25) is 0 Å². The van der Waals surface area contributed by atoms with Crippen molar-refractivity contribution in [3.8, 4) is 5.75 Å². The van der Waals surface area contributed by atoms with Crippen LogP contribution in [0.5, 0.6) is 5.75 Å². The van der Waals surface area contributed by atoms with Crippen molar-refractivity contribution in [2.24, 2.45) is 4.99 Å². The third-order valence-corrected chi connectivity index (χ3v) is 3.64. The molecule has 2 rings (SSSR count). The number of halogens is 3. The van der Waals surface area contributed by atoms with Gasteiger partial charge in [-0.1, -0.05) is 18.2 Å². The van der Waals surface area contributed by atoms with Gasteiger partial charge in [0.1, 0.15) is 17.4 Å². The molecule has 0 spiro atoms. The second kappa shape index (κ2) is 11.7. The minimum atomic E-state index is -0.464. The van der Waals surface area contributed by atoms with Crippen LogP contribution in [0.3, 0.4) is 0 Å². The molecule has 7 heteroatoms. The Labute approximate surface area is 170 Å². The molecule has 0 atom stereocenters. The number of rotatable bonds is 7. The summed E-state index contributed by atoms with van der Waals surface area (Å²) < 4.78 is 32.4. The predicted octanol–water partition coefficient (Wildman–Crippen LogP) is 3.89. The molecule has 2 aromatic carbocycles. The van der Waals surface area contributed by atoms with Crippen LogP contribution in [0.1, 0.15) is 18.1 Å². The van der Waals surface area contributed by atoms with Gasteiger partial charge in [0.15, 0.2) is 5.96 Å². The second-order valence-corrected chi connectivity index (χ2v) is 5.38. The Bertz CT molecular complexity index is 726. The molecular weight excluding hydrogens is 451 g/mol. The Morgan fingerprint density at radius 1 is 1.08 bits per heavy atom. The lowest BCUT2D eigenvalue weighted by Crippen LogP contribution is -2.38. The molecular formula is C19H24F2IN3O. The van der Waals surface area contributed by atoms with Crippen LogP contribution in [0.4, 0.5) is 8.78 Å². The standard InChI is InChI=1S/C19H23F2N3O.HI/c1-3-25-18-7-5-4-6-14(18)10-11-23-19(22-2)24-13-15-12-16(20)8-9-17(15)21;/h4-9,12H,3,10-11,13H2,1-2H3,(H2,22,23,24);1H. The largest absolute Gasteiger partial charge is 0.494 e. The summed E-state index contributed by atoms with van der Waals surface area (Å²) in [5.74, 6) is 0.484. The molecule has 2 aromatic rings. The lowest BCUT2D eigenvalue weighted by molar-refractivity contribution is 0.336.